The molecule has 1 saturated heterocycles. The summed E-state index contributed by atoms with van der Waals surface area (Å²) in [4.78, 5) is 24.7. The molecule has 33 heavy (non-hydrogen) atoms. The number of sulfonamides is 1. The molecule has 2 aliphatic rings. The van der Waals surface area contributed by atoms with E-state index in [2.05, 4.69) is 5.32 Å². The molecule has 4 rings (SSSR count). The average molecular weight is 471 g/mol. The molecule has 0 spiro atoms. The van der Waals surface area contributed by atoms with Gasteiger partial charge in [0, 0.05) is 25.2 Å². The number of carbonyl (C=O) groups excluding carboxylic acids is 2. The number of nitrogens with zero attached hydrogens (tertiary/aromatic N) is 1. The van der Waals surface area contributed by atoms with Crippen molar-refractivity contribution in [1.82, 2.24) is 4.31 Å². The SMILES string of the molecule is Cc1cc(C)c(C)c(S(=O)(=O)N2CCC(C(=O)Oc3ccc4c(c3)CCC(=O)N4)CC2)c1C. The topological polar surface area (TPSA) is 92.8 Å². The van der Waals surface area contributed by atoms with E-state index in [9.17, 15) is 18.0 Å². The molecule has 8 heteroatoms. The highest BCUT2D eigenvalue weighted by molar-refractivity contribution is 7.89. The number of benzene rings is 2. The van der Waals surface area contributed by atoms with Crippen LogP contribution in [0.15, 0.2) is 29.2 Å². The van der Waals surface area contributed by atoms with Crippen molar-refractivity contribution in [2.75, 3.05) is 18.4 Å². The number of ether oxygens (including phenoxy) is 1. The van der Waals surface area contributed by atoms with Gasteiger partial charge < -0.3 is 10.1 Å². The molecule has 0 saturated carbocycles. The highest BCUT2D eigenvalue weighted by atomic mass is 32.2. The van der Waals surface area contributed by atoms with Crippen LogP contribution in [0.3, 0.4) is 0 Å². The van der Waals surface area contributed by atoms with Gasteiger partial charge in [0.1, 0.15) is 5.75 Å². The van der Waals surface area contributed by atoms with Crippen LogP contribution in [0.2, 0.25) is 0 Å². The molecule has 0 atom stereocenters. The summed E-state index contributed by atoms with van der Waals surface area (Å²) in [6.07, 6.45) is 1.86. The van der Waals surface area contributed by atoms with Gasteiger partial charge in [-0.1, -0.05) is 6.07 Å². The summed E-state index contributed by atoms with van der Waals surface area (Å²) in [5, 5.41) is 2.81. The van der Waals surface area contributed by atoms with Crippen LogP contribution in [0.25, 0.3) is 0 Å². The lowest BCUT2D eigenvalue weighted by Gasteiger charge is -2.31. The van der Waals surface area contributed by atoms with Crippen molar-refractivity contribution in [2.45, 2.75) is 58.3 Å². The van der Waals surface area contributed by atoms with Gasteiger partial charge in [-0.05, 0) is 93.0 Å². The smallest absolute Gasteiger partial charge is 0.314 e. The third-order valence-electron chi connectivity index (χ3n) is 6.87. The van der Waals surface area contributed by atoms with Crippen molar-refractivity contribution < 1.29 is 22.7 Å². The fraction of sp³-hybridized carbons (Fsp3) is 0.440. The van der Waals surface area contributed by atoms with Crippen LogP contribution in [0.4, 0.5) is 5.69 Å². The van der Waals surface area contributed by atoms with Gasteiger partial charge in [0.25, 0.3) is 0 Å². The molecule has 0 aliphatic carbocycles. The monoisotopic (exact) mass is 470 g/mol. The third-order valence-corrected chi connectivity index (χ3v) is 9.05. The minimum absolute atomic E-state index is 0.0137. The summed E-state index contributed by atoms with van der Waals surface area (Å²) < 4.78 is 34.0. The van der Waals surface area contributed by atoms with E-state index in [0.717, 1.165) is 33.5 Å². The van der Waals surface area contributed by atoms with Crippen molar-refractivity contribution >= 4 is 27.6 Å². The average Bonchev–Trinajstić information content (AvgIpc) is 2.78. The van der Waals surface area contributed by atoms with Crippen LogP contribution in [-0.4, -0.2) is 37.7 Å². The standard InChI is InChI=1S/C25H30N2O5S/c1-15-13-16(2)18(4)24(17(15)3)33(30,31)27-11-9-19(10-12-27)25(29)32-21-6-7-22-20(14-21)5-8-23(28)26-22/h6-7,13-14,19H,5,8-12H2,1-4H3,(H,26,28). The molecule has 1 N–H and O–H groups in total. The Balaban J connectivity index is 1.43. The van der Waals surface area contributed by atoms with Gasteiger partial charge in [-0.15, -0.1) is 0 Å². The van der Waals surface area contributed by atoms with Crippen molar-refractivity contribution in [3.63, 3.8) is 0 Å². The van der Waals surface area contributed by atoms with Crippen LogP contribution < -0.4 is 10.1 Å². The van der Waals surface area contributed by atoms with Crippen LogP contribution >= 0.6 is 0 Å². The second kappa shape index (κ2) is 8.91. The van der Waals surface area contributed by atoms with Crippen molar-refractivity contribution in [3.05, 3.63) is 52.1 Å². The minimum atomic E-state index is -3.64. The largest absolute Gasteiger partial charge is 0.426 e. The van der Waals surface area contributed by atoms with Crippen LogP contribution in [0, 0.1) is 33.6 Å². The first-order valence-corrected chi connectivity index (χ1v) is 12.7. The van der Waals surface area contributed by atoms with Crippen LogP contribution in [-0.2, 0) is 26.0 Å². The molecule has 7 nitrogen and oxygen atoms in total. The molecule has 176 valence electrons. The first-order chi connectivity index (χ1) is 15.6. The molecule has 0 radical (unpaired) electrons. The molecule has 0 bridgehead atoms. The molecule has 1 fully saturated rings. The Morgan fingerprint density at radius 1 is 1.00 bits per heavy atom. The molecular weight excluding hydrogens is 440 g/mol. The number of anilines is 1. The van der Waals surface area contributed by atoms with Gasteiger partial charge in [-0.2, -0.15) is 4.31 Å². The van der Waals surface area contributed by atoms with E-state index < -0.39 is 10.0 Å². The number of carbonyl (C=O) groups is 2. The van der Waals surface area contributed by atoms with Gasteiger partial charge >= 0.3 is 5.97 Å². The van der Waals surface area contributed by atoms with E-state index in [1.165, 1.54) is 4.31 Å². The van der Waals surface area contributed by atoms with Gasteiger partial charge in [0.15, 0.2) is 0 Å². The highest BCUT2D eigenvalue weighted by Crippen LogP contribution is 2.32. The summed E-state index contributed by atoms with van der Waals surface area (Å²) in [5.74, 6) is -0.258. The Kier molecular flexibility index (Phi) is 6.33. The van der Waals surface area contributed by atoms with E-state index >= 15 is 0 Å². The summed E-state index contributed by atoms with van der Waals surface area (Å²) in [6, 6.07) is 7.23. The third kappa shape index (κ3) is 4.54. The number of amides is 1. The number of nitrogens with one attached hydrogen (secondary N) is 1. The van der Waals surface area contributed by atoms with Gasteiger partial charge in [-0.3, -0.25) is 9.59 Å². The van der Waals surface area contributed by atoms with E-state index in [1.807, 2.05) is 33.8 Å². The highest BCUT2D eigenvalue weighted by Gasteiger charge is 2.35. The zero-order valence-corrected chi connectivity index (χ0v) is 20.3. The lowest BCUT2D eigenvalue weighted by atomic mass is 9.98. The molecule has 0 unspecified atom stereocenters. The molecule has 2 heterocycles. The van der Waals surface area contributed by atoms with E-state index in [4.69, 9.17) is 4.74 Å². The fourth-order valence-electron chi connectivity index (χ4n) is 4.65. The lowest BCUT2D eigenvalue weighted by molar-refractivity contribution is -0.140. The minimum Gasteiger partial charge on any atom is -0.426 e. The maximum absolute atomic E-state index is 13.4. The number of fused-ring (bicyclic) bond motifs is 1. The van der Waals surface area contributed by atoms with Crippen molar-refractivity contribution in [1.29, 1.82) is 0 Å². The first kappa shape index (κ1) is 23.4. The number of hydrogen-bond acceptors (Lipinski definition) is 5. The lowest BCUT2D eigenvalue weighted by Crippen LogP contribution is -2.41. The van der Waals surface area contributed by atoms with E-state index in [-0.39, 0.29) is 30.9 Å². The summed E-state index contributed by atoms with van der Waals surface area (Å²) >= 11 is 0. The Bertz CT molecular complexity index is 1200. The number of hydrogen-bond donors (Lipinski definition) is 1. The molecule has 2 aromatic carbocycles. The molecule has 1 amide bonds. The Labute approximate surface area is 195 Å². The summed E-state index contributed by atoms with van der Waals surface area (Å²) in [7, 11) is -3.64. The van der Waals surface area contributed by atoms with Crippen molar-refractivity contribution in [2.24, 2.45) is 5.92 Å². The second-order valence-electron chi connectivity index (χ2n) is 9.06. The van der Waals surface area contributed by atoms with Gasteiger partial charge in [0.05, 0.1) is 10.8 Å². The Morgan fingerprint density at radius 3 is 2.27 bits per heavy atom. The van der Waals surface area contributed by atoms with Crippen LogP contribution in [0.5, 0.6) is 5.75 Å². The van der Waals surface area contributed by atoms with E-state index in [0.29, 0.717) is 36.3 Å². The molecular formula is C25H30N2O5S. The normalized spacial score (nSPS) is 17.4. The summed E-state index contributed by atoms with van der Waals surface area (Å²) in [5.41, 5.74) is 5.17. The molecule has 0 aromatic heterocycles. The second-order valence-corrected chi connectivity index (χ2v) is 10.9. The van der Waals surface area contributed by atoms with Gasteiger partial charge in [0.2, 0.25) is 15.9 Å². The zero-order chi connectivity index (χ0) is 23.9. The maximum Gasteiger partial charge on any atom is 0.314 e. The Morgan fingerprint density at radius 2 is 1.64 bits per heavy atom. The predicted molar refractivity (Wildman–Crippen MR) is 126 cm³/mol. The zero-order valence-electron chi connectivity index (χ0n) is 19.5. The van der Waals surface area contributed by atoms with Crippen molar-refractivity contribution in [3.8, 4) is 5.75 Å². The van der Waals surface area contributed by atoms with Gasteiger partial charge in [-0.25, -0.2) is 8.42 Å². The number of aryl methyl sites for hydroxylation is 3. The van der Waals surface area contributed by atoms with E-state index in [1.54, 1.807) is 18.2 Å². The Hall–Kier alpha value is -2.71. The fourth-order valence-corrected chi connectivity index (χ4v) is 6.70. The first-order valence-electron chi connectivity index (χ1n) is 11.3. The number of rotatable bonds is 4. The number of esters is 1. The maximum atomic E-state index is 13.4. The summed E-state index contributed by atoms with van der Waals surface area (Å²) in [6.45, 7) is 8.12. The van der Waals surface area contributed by atoms with Crippen LogP contribution in [0.1, 0.15) is 47.1 Å². The molecule has 2 aliphatic heterocycles. The predicted octanol–water partition coefficient (Wildman–Crippen LogP) is 3.81. The number of piperidine rings is 1. The molecule has 2 aromatic rings. The quantitative estimate of drug-likeness (QED) is 0.542.